The Morgan fingerprint density at radius 1 is 1.35 bits per heavy atom. The number of halogens is 3. The van der Waals surface area contributed by atoms with E-state index >= 15 is 0 Å². The zero-order valence-corrected chi connectivity index (χ0v) is 11.3. The van der Waals surface area contributed by atoms with Gasteiger partial charge in [-0.1, -0.05) is 0 Å². The largest absolute Gasteiger partial charge is 0.433 e. The van der Waals surface area contributed by atoms with E-state index in [0.29, 0.717) is 6.54 Å². The fraction of sp³-hybridized carbons (Fsp3) is 0.231. The van der Waals surface area contributed by atoms with Crippen LogP contribution in [0.1, 0.15) is 16.8 Å². The molecule has 0 N–H and O–H groups in total. The Kier molecular flexibility index (Phi) is 3.95. The summed E-state index contributed by atoms with van der Waals surface area (Å²) in [5, 5.41) is 12.8. The minimum Gasteiger partial charge on any atom is -0.354 e. The van der Waals surface area contributed by atoms with E-state index in [2.05, 4.69) is 4.98 Å². The predicted molar refractivity (Wildman–Crippen MR) is 70.4 cm³/mol. The lowest BCUT2D eigenvalue weighted by Gasteiger charge is -2.20. The number of hydrogen-bond acceptors (Lipinski definition) is 4. The van der Waals surface area contributed by atoms with E-state index in [4.69, 9.17) is 5.26 Å². The third-order valence-electron chi connectivity index (χ3n) is 2.65. The molecule has 0 aromatic carbocycles. The summed E-state index contributed by atoms with van der Waals surface area (Å²) < 4.78 is 38.0. The zero-order valence-electron chi connectivity index (χ0n) is 10.5. The molecule has 0 bridgehead atoms. The van der Waals surface area contributed by atoms with Gasteiger partial charge in [0.15, 0.2) is 0 Å². The summed E-state index contributed by atoms with van der Waals surface area (Å²) in [6.07, 6.45) is -4.52. The maximum Gasteiger partial charge on any atom is 0.433 e. The van der Waals surface area contributed by atoms with Gasteiger partial charge in [0, 0.05) is 13.6 Å². The lowest BCUT2D eigenvalue weighted by molar-refractivity contribution is -0.141. The zero-order chi connectivity index (χ0) is 14.8. The molecule has 0 saturated heterocycles. The van der Waals surface area contributed by atoms with Crippen molar-refractivity contribution in [3.05, 3.63) is 45.8 Å². The normalized spacial score (nSPS) is 11.2. The SMILES string of the molecule is CN(Cc1ccsc1)c1nc(C(F)(F)F)ccc1C#N. The summed E-state index contributed by atoms with van der Waals surface area (Å²) in [4.78, 5) is 5.11. The van der Waals surface area contributed by atoms with Crippen LogP contribution in [0.2, 0.25) is 0 Å². The lowest BCUT2D eigenvalue weighted by atomic mass is 10.2. The van der Waals surface area contributed by atoms with Crippen molar-refractivity contribution in [2.45, 2.75) is 12.7 Å². The second-order valence-electron chi connectivity index (χ2n) is 4.16. The number of alkyl halides is 3. The van der Waals surface area contributed by atoms with Crippen molar-refractivity contribution in [3.8, 4) is 6.07 Å². The van der Waals surface area contributed by atoms with E-state index in [1.807, 2.05) is 22.9 Å². The molecule has 2 heterocycles. The van der Waals surface area contributed by atoms with Gasteiger partial charge in [0.1, 0.15) is 17.6 Å². The highest BCUT2D eigenvalue weighted by Gasteiger charge is 2.33. The number of thiophene rings is 1. The third kappa shape index (κ3) is 3.08. The average molecular weight is 297 g/mol. The Balaban J connectivity index is 2.35. The highest BCUT2D eigenvalue weighted by molar-refractivity contribution is 7.07. The van der Waals surface area contributed by atoms with Crippen LogP contribution >= 0.6 is 11.3 Å². The molecule has 2 aromatic heterocycles. The van der Waals surface area contributed by atoms with Crippen molar-refractivity contribution in [2.24, 2.45) is 0 Å². The number of rotatable bonds is 3. The van der Waals surface area contributed by atoms with Crippen LogP contribution < -0.4 is 4.90 Å². The Morgan fingerprint density at radius 2 is 2.10 bits per heavy atom. The van der Waals surface area contributed by atoms with Crippen molar-refractivity contribution in [3.63, 3.8) is 0 Å². The van der Waals surface area contributed by atoms with Crippen LogP contribution in [0.25, 0.3) is 0 Å². The van der Waals surface area contributed by atoms with Gasteiger partial charge in [-0.15, -0.1) is 0 Å². The first kappa shape index (κ1) is 14.3. The molecule has 0 aliphatic rings. The summed E-state index contributed by atoms with van der Waals surface area (Å²) in [6.45, 7) is 0.395. The topological polar surface area (TPSA) is 39.9 Å². The monoisotopic (exact) mass is 297 g/mol. The highest BCUT2D eigenvalue weighted by Crippen LogP contribution is 2.30. The van der Waals surface area contributed by atoms with Gasteiger partial charge in [-0.2, -0.15) is 29.8 Å². The maximum absolute atomic E-state index is 12.7. The van der Waals surface area contributed by atoms with E-state index < -0.39 is 11.9 Å². The molecule has 2 aromatic rings. The van der Waals surface area contributed by atoms with Crippen LogP contribution in [-0.2, 0) is 12.7 Å². The molecule has 0 aliphatic carbocycles. The minimum atomic E-state index is -4.52. The van der Waals surface area contributed by atoms with Gasteiger partial charge < -0.3 is 4.90 Å². The van der Waals surface area contributed by atoms with Crippen molar-refractivity contribution in [1.82, 2.24) is 4.98 Å². The summed E-state index contributed by atoms with van der Waals surface area (Å²) in [5.41, 5.74) is 0.0833. The van der Waals surface area contributed by atoms with Gasteiger partial charge in [-0.25, -0.2) is 4.98 Å². The maximum atomic E-state index is 12.7. The number of hydrogen-bond donors (Lipinski definition) is 0. The van der Waals surface area contributed by atoms with Gasteiger partial charge in [0.2, 0.25) is 0 Å². The first-order valence-electron chi connectivity index (χ1n) is 5.62. The average Bonchev–Trinajstić information content (AvgIpc) is 2.89. The van der Waals surface area contributed by atoms with E-state index in [0.717, 1.165) is 17.7 Å². The fourth-order valence-electron chi connectivity index (χ4n) is 1.72. The van der Waals surface area contributed by atoms with Gasteiger partial charge >= 0.3 is 6.18 Å². The van der Waals surface area contributed by atoms with E-state index in [9.17, 15) is 13.2 Å². The van der Waals surface area contributed by atoms with Gasteiger partial charge in [-0.05, 0) is 34.5 Å². The van der Waals surface area contributed by atoms with Crippen molar-refractivity contribution < 1.29 is 13.2 Å². The van der Waals surface area contributed by atoms with Gasteiger partial charge in [0.05, 0.1) is 5.56 Å². The van der Waals surface area contributed by atoms with Gasteiger partial charge in [0.25, 0.3) is 0 Å². The Labute approximate surface area is 117 Å². The van der Waals surface area contributed by atoms with Crippen LogP contribution in [0.15, 0.2) is 29.0 Å². The number of pyridine rings is 1. The predicted octanol–water partition coefficient (Wildman–Crippen LogP) is 3.67. The first-order chi connectivity index (χ1) is 9.41. The molecule has 0 radical (unpaired) electrons. The number of anilines is 1. The molecule has 104 valence electrons. The standard InChI is InChI=1S/C13H10F3N3S/c1-19(7-9-4-5-20-8-9)12-10(6-17)2-3-11(18-12)13(14,15)16/h2-5,8H,7H2,1H3. The molecule has 0 unspecified atom stereocenters. The van der Waals surface area contributed by atoms with E-state index in [1.54, 1.807) is 7.05 Å². The molecular formula is C13H10F3N3S. The quantitative estimate of drug-likeness (QED) is 0.868. The van der Waals surface area contributed by atoms with E-state index in [1.165, 1.54) is 16.2 Å². The highest BCUT2D eigenvalue weighted by atomic mass is 32.1. The molecule has 2 rings (SSSR count). The second-order valence-corrected chi connectivity index (χ2v) is 4.94. The Bertz CT molecular complexity index is 629. The molecule has 0 fully saturated rings. The number of nitriles is 1. The fourth-order valence-corrected chi connectivity index (χ4v) is 2.38. The third-order valence-corrected chi connectivity index (χ3v) is 3.38. The summed E-state index contributed by atoms with van der Waals surface area (Å²) in [6, 6.07) is 5.71. The minimum absolute atomic E-state index is 0.0357. The Hall–Kier alpha value is -2.07. The van der Waals surface area contributed by atoms with E-state index in [-0.39, 0.29) is 11.4 Å². The molecule has 0 aliphatic heterocycles. The second kappa shape index (κ2) is 5.51. The molecule has 3 nitrogen and oxygen atoms in total. The molecule has 0 spiro atoms. The summed E-state index contributed by atoms with van der Waals surface area (Å²) in [7, 11) is 1.61. The molecule has 7 heteroatoms. The molecular weight excluding hydrogens is 287 g/mol. The van der Waals surface area contributed by atoms with Crippen LogP contribution in [0.4, 0.5) is 19.0 Å². The van der Waals surface area contributed by atoms with Crippen molar-refractivity contribution >= 4 is 17.2 Å². The molecule has 0 atom stereocenters. The Morgan fingerprint density at radius 3 is 2.65 bits per heavy atom. The van der Waals surface area contributed by atoms with Crippen molar-refractivity contribution in [2.75, 3.05) is 11.9 Å². The first-order valence-corrected chi connectivity index (χ1v) is 6.56. The number of aromatic nitrogens is 1. The van der Waals surface area contributed by atoms with Gasteiger partial charge in [-0.3, -0.25) is 0 Å². The van der Waals surface area contributed by atoms with Crippen LogP contribution in [0.3, 0.4) is 0 Å². The lowest BCUT2D eigenvalue weighted by Crippen LogP contribution is -2.20. The van der Waals surface area contributed by atoms with Crippen LogP contribution in [0.5, 0.6) is 0 Å². The van der Waals surface area contributed by atoms with Crippen LogP contribution in [0, 0.1) is 11.3 Å². The van der Waals surface area contributed by atoms with Crippen LogP contribution in [-0.4, -0.2) is 12.0 Å². The summed E-state index contributed by atoms with van der Waals surface area (Å²) >= 11 is 1.50. The summed E-state index contributed by atoms with van der Waals surface area (Å²) in [5.74, 6) is 0.0357. The molecule has 0 amide bonds. The van der Waals surface area contributed by atoms with Crippen molar-refractivity contribution in [1.29, 1.82) is 5.26 Å². The smallest absolute Gasteiger partial charge is 0.354 e. The molecule has 20 heavy (non-hydrogen) atoms. The number of nitrogens with zero attached hydrogens (tertiary/aromatic N) is 3. The molecule has 0 saturated carbocycles.